The quantitative estimate of drug-likeness (QED) is 0.739. The van der Waals surface area contributed by atoms with Crippen LogP contribution in [0.2, 0.25) is 0 Å². The third-order valence-electron chi connectivity index (χ3n) is 2.23. The van der Waals surface area contributed by atoms with Gasteiger partial charge >= 0.3 is 0 Å². The monoisotopic (exact) mass is 237 g/mol. The second-order valence-electron chi connectivity index (χ2n) is 4.03. The van der Waals surface area contributed by atoms with Crippen LogP contribution in [0.3, 0.4) is 0 Å². The normalized spacial score (nSPS) is 12.2. The number of nitriles is 1. The molecule has 0 aliphatic carbocycles. The fraction of sp³-hybridized carbons (Fsp3) is 0.500. The van der Waals surface area contributed by atoms with Crippen LogP contribution in [0.25, 0.3) is 0 Å². The van der Waals surface area contributed by atoms with E-state index in [1.54, 1.807) is 18.6 Å². The van der Waals surface area contributed by atoms with Crippen molar-refractivity contribution in [2.45, 2.75) is 20.3 Å². The molecule has 0 radical (unpaired) electrons. The van der Waals surface area contributed by atoms with E-state index in [-0.39, 0.29) is 5.78 Å². The molecule has 1 aromatic rings. The number of hydrogen-bond donors (Lipinski definition) is 0. The summed E-state index contributed by atoms with van der Waals surface area (Å²) in [7, 11) is 1.56. The van der Waals surface area contributed by atoms with Crippen LogP contribution in [0.5, 0.6) is 5.75 Å². The molecule has 0 aliphatic heterocycles. The zero-order valence-corrected chi connectivity index (χ0v) is 10.5. The van der Waals surface area contributed by atoms with Gasteiger partial charge in [0.15, 0.2) is 5.78 Å². The van der Waals surface area contributed by atoms with Crippen molar-refractivity contribution >= 4 is 17.1 Å². The number of rotatable bonds is 5. The van der Waals surface area contributed by atoms with Crippen LogP contribution >= 0.6 is 11.3 Å². The Bertz CT molecular complexity index is 403. The molecule has 16 heavy (non-hydrogen) atoms. The van der Waals surface area contributed by atoms with E-state index in [1.165, 1.54) is 11.3 Å². The maximum absolute atomic E-state index is 12.0. The predicted octanol–water partition coefficient (Wildman–Crippen LogP) is 3.13. The van der Waals surface area contributed by atoms with E-state index in [0.717, 1.165) is 0 Å². The summed E-state index contributed by atoms with van der Waals surface area (Å²) in [6.07, 6.45) is 0.607. The van der Waals surface area contributed by atoms with E-state index in [1.807, 2.05) is 13.8 Å². The average Bonchev–Trinajstić information content (AvgIpc) is 2.73. The summed E-state index contributed by atoms with van der Waals surface area (Å²) >= 11 is 1.33. The van der Waals surface area contributed by atoms with Crippen LogP contribution < -0.4 is 4.74 Å². The first kappa shape index (κ1) is 12.7. The largest absolute Gasteiger partial charge is 0.496 e. The predicted molar refractivity (Wildman–Crippen MR) is 63.8 cm³/mol. The number of carbonyl (C=O) groups excluding carboxylic acids is 1. The lowest BCUT2D eigenvalue weighted by molar-refractivity contribution is 0.0941. The summed E-state index contributed by atoms with van der Waals surface area (Å²) in [4.78, 5) is 12.6. The molecule has 1 heterocycles. The summed E-state index contributed by atoms with van der Waals surface area (Å²) in [5.41, 5.74) is 0. The molecule has 1 unspecified atom stereocenters. The molecule has 86 valence electrons. The highest BCUT2D eigenvalue weighted by molar-refractivity contribution is 7.12. The Morgan fingerprint density at radius 3 is 2.75 bits per heavy atom. The van der Waals surface area contributed by atoms with Gasteiger partial charge in [-0.15, -0.1) is 11.3 Å². The van der Waals surface area contributed by atoms with Crippen molar-refractivity contribution in [1.29, 1.82) is 5.26 Å². The maximum atomic E-state index is 12.0. The second-order valence-corrected chi connectivity index (χ2v) is 4.94. The number of ketones is 1. The van der Waals surface area contributed by atoms with Crippen molar-refractivity contribution in [3.8, 4) is 11.8 Å². The fourth-order valence-electron chi connectivity index (χ4n) is 1.42. The number of thiophene rings is 1. The van der Waals surface area contributed by atoms with E-state index < -0.39 is 5.92 Å². The number of hydrogen-bond acceptors (Lipinski definition) is 4. The summed E-state index contributed by atoms with van der Waals surface area (Å²) in [5.74, 6) is 0.387. The van der Waals surface area contributed by atoms with Gasteiger partial charge in [0.25, 0.3) is 0 Å². The van der Waals surface area contributed by atoms with Crippen molar-refractivity contribution in [1.82, 2.24) is 0 Å². The molecule has 0 aromatic carbocycles. The first-order chi connectivity index (χ1) is 7.58. The van der Waals surface area contributed by atoms with Crippen molar-refractivity contribution < 1.29 is 9.53 Å². The van der Waals surface area contributed by atoms with Crippen molar-refractivity contribution in [3.63, 3.8) is 0 Å². The molecule has 0 spiro atoms. The van der Waals surface area contributed by atoms with Gasteiger partial charge in [0.1, 0.15) is 11.7 Å². The van der Waals surface area contributed by atoms with E-state index in [0.29, 0.717) is 23.0 Å². The molecule has 0 saturated carbocycles. The van der Waals surface area contributed by atoms with Gasteiger partial charge in [0, 0.05) is 11.4 Å². The molecular weight excluding hydrogens is 222 g/mol. The third kappa shape index (κ3) is 3.07. The molecule has 0 N–H and O–H groups in total. The summed E-state index contributed by atoms with van der Waals surface area (Å²) in [5, 5.41) is 10.7. The van der Waals surface area contributed by atoms with E-state index in [2.05, 4.69) is 6.07 Å². The molecular formula is C12H15NO2S. The number of ether oxygens (including phenoxy) is 1. The van der Waals surface area contributed by atoms with Crippen LogP contribution in [0.15, 0.2) is 11.4 Å². The average molecular weight is 237 g/mol. The fourth-order valence-corrected chi connectivity index (χ4v) is 2.27. The van der Waals surface area contributed by atoms with Gasteiger partial charge in [-0.05, 0) is 12.3 Å². The van der Waals surface area contributed by atoms with Crippen molar-refractivity contribution in [2.24, 2.45) is 11.8 Å². The number of Topliss-reactive ketones (excluding diaryl/α,β-unsaturated/α-hetero) is 1. The minimum atomic E-state index is -0.539. The van der Waals surface area contributed by atoms with Crippen LogP contribution in [-0.2, 0) is 0 Å². The van der Waals surface area contributed by atoms with Gasteiger partial charge in [-0.25, -0.2) is 0 Å². The molecule has 0 bridgehead atoms. The Hall–Kier alpha value is -1.34. The molecule has 4 heteroatoms. The lowest BCUT2D eigenvalue weighted by atomic mass is 9.94. The van der Waals surface area contributed by atoms with Gasteiger partial charge in [-0.1, -0.05) is 13.8 Å². The Morgan fingerprint density at radius 1 is 1.62 bits per heavy atom. The Labute approximate surface area is 99.7 Å². The van der Waals surface area contributed by atoms with Crippen molar-refractivity contribution in [2.75, 3.05) is 7.11 Å². The highest BCUT2D eigenvalue weighted by atomic mass is 32.1. The highest BCUT2D eigenvalue weighted by Crippen LogP contribution is 2.25. The molecule has 0 fully saturated rings. The summed E-state index contributed by atoms with van der Waals surface area (Å²) in [6.45, 7) is 4.01. The topological polar surface area (TPSA) is 50.1 Å². The van der Waals surface area contributed by atoms with Gasteiger partial charge in [0.05, 0.1) is 18.1 Å². The van der Waals surface area contributed by atoms with Crippen LogP contribution in [0, 0.1) is 23.2 Å². The lowest BCUT2D eigenvalue weighted by Crippen LogP contribution is -2.14. The smallest absolute Gasteiger partial charge is 0.190 e. The molecule has 1 aromatic heterocycles. The number of nitrogens with zero attached hydrogens (tertiary/aromatic N) is 1. The first-order valence-electron chi connectivity index (χ1n) is 5.14. The summed E-state index contributed by atoms with van der Waals surface area (Å²) < 4.78 is 5.01. The highest BCUT2D eigenvalue weighted by Gasteiger charge is 2.22. The standard InChI is InChI=1S/C12H15NO2S/c1-8(2)4-9(6-13)12(14)11-5-10(15-3)7-16-11/h5,7-9H,4H2,1-3H3. The Morgan fingerprint density at radius 2 is 2.31 bits per heavy atom. The zero-order chi connectivity index (χ0) is 12.1. The van der Waals surface area contributed by atoms with Crippen LogP contribution in [0.4, 0.5) is 0 Å². The molecule has 0 amide bonds. The molecule has 1 rings (SSSR count). The Balaban J connectivity index is 2.79. The molecule has 3 nitrogen and oxygen atoms in total. The minimum absolute atomic E-state index is 0.0931. The van der Waals surface area contributed by atoms with Gasteiger partial charge in [0.2, 0.25) is 0 Å². The Kier molecular flexibility index (Phi) is 4.51. The lowest BCUT2D eigenvalue weighted by Gasteiger charge is -2.08. The molecule has 1 atom stereocenters. The van der Waals surface area contributed by atoms with Gasteiger partial charge in [-0.3, -0.25) is 4.79 Å². The second kappa shape index (κ2) is 5.66. The maximum Gasteiger partial charge on any atom is 0.190 e. The van der Waals surface area contributed by atoms with Gasteiger partial charge in [-0.2, -0.15) is 5.26 Å². The van der Waals surface area contributed by atoms with Crippen LogP contribution in [-0.4, -0.2) is 12.9 Å². The minimum Gasteiger partial charge on any atom is -0.496 e. The van der Waals surface area contributed by atoms with Gasteiger partial charge < -0.3 is 4.74 Å². The first-order valence-corrected chi connectivity index (χ1v) is 6.02. The third-order valence-corrected chi connectivity index (χ3v) is 3.16. The SMILES string of the molecule is COc1csc(C(=O)C(C#N)CC(C)C)c1. The van der Waals surface area contributed by atoms with E-state index in [4.69, 9.17) is 10.00 Å². The van der Waals surface area contributed by atoms with E-state index in [9.17, 15) is 4.79 Å². The van der Waals surface area contributed by atoms with E-state index >= 15 is 0 Å². The zero-order valence-electron chi connectivity index (χ0n) is 9.69. The van der Waals surface area contributed by atoms with Crippen LogP contribution in [0.1, 0.15) is 29.9 Å². The number of carbonyl (C=O) groups is 1. The molecule has 0 saturated heterocycles. The molecule has 0 aliphatic rings. The van der Waals surface area contributed by atoms with Crippen molar-refractivity contribution in [3.05, 3.63) is 16.3 Å². The summed E-state index contributed by atoms with van der Waals surface area (Å²) in [6, 6.07) is 3.77. The number of methoxy groups -OCH3 is 1.